The molecule has 158 valence electrons. The molecule has 0 saturated heterocycles. The van der Waals surface area contributed by atoms with E-state index in [4.69, 9.17) is 14.2 Å². The molecule has 29 heavy (non-hydrogen) atoms. The van der Waals surface area contributed by atoms with Crippen LogP contribution in [0.5, 0.6) is 0 Å². The lowest BCUT2D eigenvalue weighted by molar-refractivity contribution is -0.153. The second-order valence-electron chi connectivity index (χ2n) is 7.23. The van der Waals surface area contributed by atoms with Gasteiger partial charge in [0.05, 0.1) is 18.4 Å². The summed E-state index contributed by atoms with van der Waals surface area (Å²) in [5.41, 5.74) is 0.895. The van der Waals surface area contributed by atoms with Gasteiger partial charge in [-0.2, -0.15) is 0 Å². The van der Waals surface area contributed by atoms with Gasteiger partial charge in [0.1, 0.15) is 19.3 Å². The van der Waals surface area contributed by atoms with Gasteiger partial charge in [-0.1, -0.05) is 56.3 Å². The minimum Gasteiger partial charge on any atom is -0.465 e. The minimum absolute atomic E-state index is 0.0437. The molecule has 0 aromatic heterocycles. The van der Waals surface area contributed by atoms with Gasteiger partial charge in [-0.05, 0) is 5.56 Å². The molecule has 1 aromatic carbocycles. The van der Waals surface area contributed by atoms with Crippen molar-refractivity contribution >= 4 is 17.8 Å². The van der Waals surface area contributed by atoms with Gasteiger partial charge in [-0.3, -0.25) is 9.59 Å². The molecule has 0 saturated carbocycles. The summed E-state index contributed by atoms with van der Waals surface area (Å²) in [6, 6.07) is 8.52. The standard InChI is InChI=1S/C22H29NO6/c1-15-8-7-11-20(24)28-13-16(2)21(25)23-18(12-17-9-5-4-6-10-17)22(26)29-14-19(15)27-3/h4-10,15-16,18-19H,11-14H2,1-3H3,(H,23,25)/b8-7+/t15-,16-,18-,19+/m0/s1. The molecule has 2 rings (SSSR count). The third-order valence-electron chi connectivity index (χ3n) is 4.83. The highest BCUT2D eigenvalue weighted by Crippen LogP contribution is 2.13. The van der Waals surface area contributed by atoms with Gasteiger partial charge < -0.3 is 19.5 Å². The summed E-state index contributed by atoms with van der Waals surface area (Å²) in [5.74, 6) is -1.99. The van der Waals surface area contributed by atoms with Crippen molar-refractivity contribution in [3.8, 4) is 0 Å². The molecule has 0 radical (unpaired) electrons. The highest BCUT2D eigenvalue weighted by atomic mass is 16.6. The highest BCUT2D eigenvalue weighted by Gasteiger charge is 2.27. The lowest BCUT2D eigenvalue weighted by atomic mass is 10.0. The first-order chi connectivity index (χ1) is 13.9. The average Bonchev–Trinajstić information content (AvgIpc) is 2.72. The predicted molar refractivity (Wildman–Crippen MR) is 107 cm³/mol. The van der Waals surface area contributed by atoms with Crippen LogP contribution in [0.1, 0.15) is 25.8 Å². The molecule has 7 heteroatoms. The van der Waals surface area contributed by atoms with Crippen LogP contribution in [0.4, 0.5) is 0 Å². The number of hydrogen-bond donors (Lipinski definition) is 1. The Labute approximate surface area is 171 Å². The number of carbonyl (C=O) groups excluding carboxylic acids is 3. The maximum Gasteiger partial charge on any atom is 0.329 e. The quantitative estimate of drug-likeness (QED) is 0.614. The maximum atomic E-state index is 12.7. The number of rotatable bonds is 3. The summed E-state index contributed by atoms with van der Waals surface area (Å²) in [5, 5.41) is 2.73. The summed E-state index contributed by atoms with van der Waals surface area (Å²) in [6.45, 7) is 3.54. The molecule has 4 atom stereocenters. The van der Waals surface area contributed by atoms with Crippen LogP contribution in [0.15, 0.2) is 42.5 Å². The number of esters is 2. The Hall–Kier alpha value is -2.67. The van der Waals surface area contributed by atoms with Gasteiger partial charge >= 0.3 is 11.9 Å². The van der Waals surface area contributed by atoms with Crippen molar-refractivity contribution in [1.82, 2.24) is 5.32 Å². The van der Waals surface area contributed by atoms with E-state index in [0.29, 0.717) is 6.42 Å². The molecule has 7 nitrogen and oxygen atoms in total. The van der Waals surface area contributed by atoms with E-state index in [9.17, 15) is 14.4 Å². The fraction of sp³-hybridized carbons (Fsp3) is 0.500. The molecule has 1 heterocycles. The third kappa shape index (κ3) is 7.34. The molecule has 0 fully saturated rings. The normalized spacial score (nSPS) is 28.3. The van der Waals surface area contributed by atoms with Gasteiger partial charge in [0, 0.05) is 19.4 Å². The molecule has 1 aromatic rings. The highest BCUT2D eigenvalue weighted by molar-refractivity contribution is 5.86. The summed E-state index contributed by atoms with van der Waals surface area (Å²) in [6.07, 6.45) is 3.56. The van der Waals surface area contributed by atoms with Crippen LogP contribution in [0.25, 0.3) is 0 Å². The third-order valence-corrected chi connectivity index (χ3v) is 4.83. The predicted octanol–water partition coefficient (Wildman–Crippen LogP) is 2.05. The van der Waals surface area contributed by atoms with Crippen molar-refractivity contribution in [2.75, 3.05) is 20.3 Å². The number of ether oxygens (including phenoxy) is 3. The zero-order chi connectivity index (χ0) is 21.2. The number of cyclic esters (lactones) is 2. The summed E-state index contributed by atoms with van der Waals surface area (Å²) < 4.78 is 16.1. The van der Waals surface area contributed by atoms with Crippen LogP contribution in [-0.2, 0) is 35.0 Å². The van der Waals surface area contributed by atoms with Crippen LogP contribution in [0, 0.1) is 11.8 Å². The lowest BCUT2D eigenvalue weighted by Crippen LogP contribution is -2.46. The number of nitrogens with one attached hydrogen (secondary N) is 1. The molecule has 0 spiro atoms. The largest absolute Gasteiger partial charge is 0.465 e. The van der Waals surface area contributed by atoms with E-state index in [1.807, 2.05) is 43.3 Å². The Bertz CT molecular complexity index is 717. The lowest BCUT2D eigenvalue weighted by Gasteiger charge is -2.23. The number of hydrogen-bond acceptors (Lipinski definition) is 6. The van der Waals surface area contributed by atoms with Crippen molar-refractivity contribution in [1.29, 1.82) is 0 Å². The molecule has 1 aliphatic rings. The van der Waals surface area contributed by atoms with Crippen molar-refractivity contribution < 1.29 is 28.6 Å². The Morgan fingerprint density at radius 1 is 1.07 bits per heavy atom. The van der Waals surface area contributed by atoms with Gasteiger partial charge in [0.25, 0.3) is 0 Å². The summed E-state index contributed by atoms with van der Waals surface area (Å²) in [7, 11) is 1.54. The van der Waals surface area contributed by atoms with Crippen molar-refractivity contribution in [3.63, 3.8) is 0 Å². The monoisotopic (exact) mass is 403 g/mol. The number of carbonyl (C=O) groups is 3. The summed E-state index contributed by atoms with van der Waals surface area (Å²) >= 11 is 0. The van der Waals surface area contributed by atoms with E-state index in [1.54, 1.807) is 13.0 Å². The molecule has 1 N–H and O–H groups in total. The Morgan fingerprint density at radius 2 is 1.79 bits per heavy atom. The summed E-state index contributed by atoms with van der Waals surface area (Å²) in [4.78, 5) is 37.1. The minimum atomic E-state index is -0.850. The Balaban J connectivity index is 2.20. The van der Waals surface area contributed by atoms with E-state index in [0.717, 1.165) is 5.56 Å². The zero-order valence-electron chi connectivity index (χ0n) is 17.1. The second-order valence-corrected chi connectivity index (χ2v) is 7.23. The maximum absolute atomic E-state index is 12.7. The first kappa shape index (κ1) is 22.6. The smallest absolute Gasteiger partial charge is 0.329 e. The van der Waals surface area contributed by atoms with Crippen LogP contribution in [-0.4, -0.2) is 50.3 Å². The molecule has 0 aliphatic carbocycles. The molecule has 0 bridgehead atoms. The van der Waals surface area contributed by atoms with Gasteiger partial charge in [-0.15, -0.1) is 0 Å². The topological polar surface area (TPSA) is 90.9 Å². The molecule has 1 amide bonds. The molecular weight excluding hydrogens is 374 g/mol. The van der Waals surface area contributed by atoms with Gasteiger partial charge in [0.2, 0.25) is 5.91 Å². The Kier molecular flexibility index (Phi) is 8.86. The van der Waals surface area contributed by atoms with E-state index >= 15 is 0 Å². The fourth-order valence-electron chi connectivity index (χ4n) is 2.91. The van der Waals surface area contributed by atoms with Gasteiger partial charge in [0.15, 0.2) is 0 Å². The molecular formula is C22H29NO6. The first-order valence-corrected chi connectivity index (χ1v) is 9.76. The average molecular weight is 403 g/mol. The molecule has 1 aliphatic heterocycles. The van der Waals surface area contributed by atoms with Crippen LogP contribution < -0.4 is 5.32 Å². The van der Waals surface area contributed by atoms with Crippen molar-refractivity contribution in [2.24, 2.45) is 11.8 Å². The van der Waals surface area contributed by atoms with Crippen molar-refractivity contribution in [3.05, 3.63) is 48.0 Å². The SMILES string of the molecule is CO[C@@H]1COC(=O)[C@H](Cc2ccccc2)NC(=O)[C@@H](C)COC(=O)C/C=C/[C@@H]1C. The van der Waals surface area contributed by atoms with Crippen LogP contribution >= 0.6 is 0 Å². The first-order valence-electron chi connectivity index (χ1n) is 9.76. The van der Waals surface area contributed by atoms with Crippen LogP contribution in [0.2, 0.25) is 0 Å². The van der Waals surface area contributed by atoms with E-state index < -0.39 is 23.9 Å². The van der Waals surface area contributed by atoms with Crippen molar-refractivity contribution in [2.45, 2.75) is 38.8 Å². The van der Waals surface area contributed by atoms with E-state index in [1.165, 1.54) is 7.11 Å². The second kappa shape index (κ2) is 11.4. The van der Waals surface area contributed by atoms with Crippen LogP contribution in [0.3, 0.4) is 0 Å². The van der Waals surface area contributed by atoms with E-state index in [-0.39, 0.29) is 37.6 Å². The molecule has 0 unspecified atom stereocenters. The number of benzene rings is 1. The number of methoxy groups -OCH3 is 1. The van der Waals surface area contributed by atoms with E-state index in [2.05, 4.69) is 5.32 Å². The zero-order valence-corrected chi connectivity index (χ0v) is 17.1. The fourth-order valence-corrected chi connectivity index (χ4v) is 2.91. The van der Waals surface area contributed by atoms with Gasteiger partial charge in [-0.25, -0.2) is 4.79 Å². The number of amides is 1. The Morgan fingerprint density at radius 3 is 2.48 bits per heavy atom.